The van der Waals surface area contributed by atoms with Crippen LogP contribution in [-0.2, 0) is 4.79 Å². The van der Waals surface area contributed by atoms with Crippen LogP contribution in [0.15, 0.2) is 4.99 Å². The van der Waals surface area contributed by atoms with Crippen molar-refractivity contribution in [2.45, 2.75) is 64.2 Å². The van der Waals surface area contributed by atoms with Gasteiger partial charge in [0.25, 0.3) is 0 Å². The van der Waals surface area contributed by atoms with Crippen molar-refractivity contribution in [3.8, 4) is 0 Å². The van der Waals surface area contributed by atoms with E-state index in [2.05, 4.69) is 15.2 Å². The Labute approximate surface area is 176 Å². The highest BCUT2D eigenvalue weighted by Gasteiger charge is 2.43. The number of halogens is 1. The number of rotatable bonds is 3. The Morgan fingerprint density at radius 2 is 1.65 bits per heavy atom. The highest BCUT2D eigenvalue weighted by atomic mass is 127. The summed E-state index contributed by atoms with van der Waals surface area (Å²) < 4.78 is 0. The van der Waals surface area contributed by atoms with Crippen LogP contribution in [0.3, 0.4) is 0 Å². The van der Waals surface area contributed by atoms with E-state index in [9.17, 15) is 4.79 Å². The van der Waals surface area contributed by atoms with Crippen LogP contribution in [0.25, 0.3) is 0 Å². The van der Waals surface area contributed by atoms with Gasteiger partial charge in [-0.2, -0.15) is 0 Å². The lowest BCUT2D eigenvalue weighted by Crippen LogP contribution is -2.50. The fraction of sp³-hybridized carbons (Fsp3) is 0.900. The van der Waals surface area contributed by atoms with Crippen molar-refractivity contribution in [3.63, 3.8) is 0 Å². The van der Waals surface area contributed by atoms with Crippen LogP contribution in [0, 0.1) is 10.8 Å². The number of nitrogens with zero attached hydrogens (tertiary/aromatic N) is 3. The van der Waals surface area contributed by atoms with Crippen molar-refractivity contribution in [3.05, 3.63) is 0 Å². The number of carbonyl (C=O) groups is 1. The van der Waals surface area contributed by atoms with Crippen molar-refractivity contribution >= 4 is 35.8 Å². The van der Waals surface area contributed by atoms with E-state index in [0.717, 1.165) is 51.3 Å². The zero-order chi connectivity index (χ0) is 17.9. The summed E-state index contributed by atoms with van der Waals surface area (Å²) in [4.78, 5) is 21.5. The second kappa shape index (κ2) is 9.11. The third-order valence-electron chi connectivity index (χ3n) is 6.87. The number of hydrogen-bond donors (Lipinski definition) is 1. The van der Waals surface area contributed by atoms with Gasteiger partial charge in [-0.05, 0) is 37.5 Å². The highest BCUT2D eigenvalue weighted by Crippen LogP contribution is 2.44. The molecule has 0 unspecified atom stereocenters. The first kappa shape index (κ1) is 21.8. The van der Waals surface area contributed by atoms with Gasteiger partial charge in [0.1, 0.15) is 0 Å². The summed E-state index contributed by atoms with van der Waals surface area (Å²) >= 11 is 0. The molecule has 0 radical (unpaired) electrons. The quantitative estimate of drug-likeness (QED) is 0.386. The van der Waals surface area contributed by atoms with E-state index in [1.807, 2.05) is 21.1 Å². The fourth-order valence-electron chi connectivity index (χ4n) is 5.40. The molecule has 26 heavy (non-hydrogen) atoms. The van der Waals surface area contributed by atoms with Crippen LogP contribution in [0.1, 0.15) is 64.2 Å². The Kier molecular flexibility index (Phi) is 7.62. The number of hydrogen-bond acceptors (Lipinski definition) is 2. The van der Waals surface area contributed by atoms with Crippen LogP contribution in [0.4, 0.5) is 0 Å². The lowest BCUT2D eigenvalue weighted by molar-refractivity contribution is -0.138. The number of amides is 1. The van der Waals surface area contributed by atoms with E-state index >= 15 is 0 Å². The second-order valence-corrected chi connectivity index (χ2v) is 8.82. The van der Waals surface area contributed by atoms with E-state index in [1.54, 1.807) is 4.90 Å². The fourth-order valence-corrected chi connectivity index (χ4v) is 5.40. The Balaban J connectivity index is 0.00000243. The monoisotopic (exact) mass is 476 g/mol. The van der Waals surface area contributed by atoms with Gasteiger partial charge in [-0.3, -0.25) is 9.79 Å². The van der Waals surface area contributed by atoms with E-state index in [-0.39, 0.29) is 35.3 Å². The Morgan fingerprint density at radius 1 is 1.04 bits per heavy atom. The van der Waals surface area contributed by atoms with Crippen LogP contribution in [0.5, 0.6) is 0 Å². The van der Waals surface area contributed by atoms with Gasteiger partial charge in [0.05, 0.1) is 5.41 Å². The Bertz CT molecular complexity index is 508. The van der Waals surface area contributed by atoms with Crippen molar-refractivity contribution in [1.82, 2.24) is 15.1 Å². The molecule has 5 nitrogen and oxygen atoms in total. The number of carbonyl (C=O) groups excluding carboxylic acids is 1. The molecule has 1 spiro atoms. The van der Waals surface area contributed by atoms with Gasteiger partial charge in [0, 0.05) is 40.8 Å². The predicted octanol–water partition coefficient (Wildman–Crippen LogP) is 3.48. The zero-order valence-electron chi connectivity index (χ0n) is 16.9. The van der Waals surface area contributed by atoms with Crippen LogP contribution < -0.4 is 5.32 Å². The molecule has 1 saturated heterocycles. The molecule has 3 rings (SSSR count). The largest absolute Gasteiger partial charge is 0.355 e. The Morgan fingerprint density at radius 3 is 2.23 bits per heavy atom. The molecule has 6 heteroatoms. The molecule has 0 aromatic rings. The van der Waals surface area contributed by atoms with Crippen molar-refractivity contribution in [2.24, 2.45) is 15.8 Å². The van der Waals surface area contributed by atoms with E-state index in [4.69, 9.17) is 0 Å². The van der Waals surface area contributed by atoms with Gasteiger partial charge in [-0.15, -0.1) is 24.0 Å². The first-order valence-corrected chi connectivity index (χ1v) is 10.2. The lowest BCUT2D eigenvalue weighted by Gasteiger charge is -2.35. The number of guanidine groups is 1. The van der Waals surface area contributed by atoms with Gasteiger partial charge < -0.3 is 15.1 Å². The maximum absolute atomic E-state index is 12.8. The molecule has 2 aliphatic carbocycles. The van der Waals surface area contributed by atoms with Gasteiger partial charge in [-0.25, -0.2) is 0 Å². The van der Waals surface area contributed by atoms with Gasteiger partial charge in [0.2, 0.25) is 5.91 Å². The summed E-state index contributed by atoms with van der Waals surface area (Å²) in [6.45, 7) is 2.97. The average Bonchev–Trinajstić information content (AvgIpc) is 3.24. The van der Waals surface area contributed by atoms with Gasteiger partial charge in [0.15, 0.2) is 5.96 Å². The first-order chi connectivity index (χ1) is 12.0. The molecule has 1 aliphatic heterocycles. The molecule has 0 aromatic heterocycles. The molecular formula is C20H37IN4O. The summed E-state index contributed by atoms with van der Waals surface area (Å²) in [6, 6.07) is 0. The minimum absolute atomic E-state index is 0. The third-order valence-corrected chi connectivity index (χ3v) is 6.87. The predicted molar refractivity (Wildman–Crippen MR) is 118 cm³/mol. The molecule has 1 N–H and O–H groups in total. The Hall–Kier alpha value is -0.530. The molecule has 3 fully saturated rings. The summed E-state index contributed by atoms with van der Waals surface area (Å²) in [5, 5.41) is 3.58. The number of aliphatic imine (C=N–C) groups is 1. The van der Waals surface area contributed by atoms with Crippen molar-refractivity contribution in [2.75, 3.05) is 40.8 Å². The molecule has 3 aliphatic rings. The molecule has 1 amide bonds. The molecule has 0 bridgehead atoms. The normalized spacial score (nSPS) is 24.4. The smallest absolute Gasteiger partial charge is 0.230 e. The van der Waals surface area contributed by atoms with E-state index in [1.165, 1.54) is 38.5 Å². The lowest BCUT2D eigenvalue weighted by atomic mass is 9.73. The molecular weight excluding hydrogens is 439 g/mol. The minimum Gasteiger partial charge on any atom is -0.355 e. The maximum Gasteiger partial charge on any atom is 0.230 e. The second-order valence-electron chi connectivity index (χ2n) is 8.82. The van der Waals surface area contributed by atoms with E-state index in [0.29, 0.717) is 5.41 Å². The molecule has 0 atom stereocenters. The zero-order valence-corrected chi connectivity index (χ0v) is 19.2. The molecule has 150 valence electrons. The summed E-state index contributed by atoms with van der Waals surface area (Å²) in [5.74, 6) is 1.28. The van der Waals surface area contributed by atoms with Crippen molar-refractivity contribution < 1.29 is 4.79 Å². The van der Waals surface area contributed by atoms with E-state index < -0.39 is 0 Å². The average molecular weight is 476 g/mol. The first-order valence-electron chi connectivity index (χ1n) is 10.2. The summed E-state index contributed by atoms with van der Waals surface area (Å²) in [5.41, 5.74) is 0.294. The van der Waals surface area contributed by atoms with Gasteiger partial charge in [-0.1, -0.05) is 32.1 Å². The summed E-state index contributed by atoms with van der Waals surface area (Å²) in [7, 11) is 5.64. The molecule has 2 saturated carbocycles. The number of likely N-dealkylation sites (tertiary alicyclic amines) is 1. The standard InChI is InChI=1S/C20H36N4O.HI/c1-21-18(24-14-13-19(16-24)9-5-4-6-10-19)22-15-20(11-7-8-12-20)17(25)23(2)3;/h4-16H2,1-3H3,(H,21,22);1H. The minimum atomic E-state index is -0.234. The van der Waals surface area contributed by atoms with Gasteiger partial charge >= 0.3 is 0 Å². The molecule has 1 heterocycles. The number of nitrogens with one attached hydrogen (secondary N) is 1. The SMILES string of the molecule is CN=C(NCC1(C(=O)N(C)C)CCCC1)N1CCC2(CCCCC2)C1.I. The highest BCUT2D eigenvalue weighted by molar-refractivity contribution is 14.0. The van der Waals surface area contributed by atoms with Crippen LogP contribution in [-0.4, -0.2) is 62.4 Å². The topological polar surface area (TPSA) is 47.9 Å². The van der Waals surface area contributed by atoms with Crippen LogP contribution >= 0.6 is 24.0 Å². The van der Waals surface area contributed by atoms with Crippen molar-refractivity contribution in [1.29, 1.82) is 0 Å². The molecule has 0 aromatic carbocycles. The summed E-state index contributed by atoms with van der Waals surface area (Å²) in [6.07, 6.45) is 12.6. The van der Waals surface area contributed by atoms with Crippen LogP contribution in [0.2, 0.25) is 0 Å². The maximum atomic E-state index is 12.8. The third kappa shape index (κ3) is 4.47.